The molecule has 0 atom stereocenters. The van der Waals surface area contributed by atoms with Crippen LogP contribution in [0.3, 0.4) is 0 Å². The molecule has 0 bridgehead atoms. The smallest absolute Gasteiger partial charge is 0.119 e. The van der Waals surface area contributed by atoms with Crippen LogP contribution in [0.25, 0.3) is 0 Å². The summed E-state index contributed by atoms with van der Waals surface area (Å²) in [6.45, 7) is 3.55. The maximum atomic E-state index is 9.86. The molecule has 0 spiro atoms. The summed E-state index contributed by atoms with van der Waals surface area (Å²) >= 11 is 0. The third-order valence-corrected chi connectivity index (χ3v) is 1.21. The van der Waals surface area contributed by atoms with Crippen LogP contribution in [0.4, 0.5) is 0 Å². The van der Waals surface area contributed by atoms with E-state index in [1.165, 1.54) is 0 Å². The zero-order chi connectivity index (χ0) is 7.66. The summed E-state index contributed by atoms with van der Waals surface area (Å²) in [6, 6.07) is 0. The van der Waals surface area contributed by atoms with E-state index in [9.17, 15) is 4.79 Å². The average molecular weight is 138 g/mol. The molecule has 0 saturated heterocycles. The van der Waals surface area contributed by atoms with Crippen molar-refractivity contribution in [1.82, 2.24) is 0 Å². The number of rotatable bonds is 6. The summed E-state index contributed by atoms with van der Waals surface area (Å²) in [4.78, 5) is 9.86. The highest BCUT2D eigenvalue weighted by atomic mass is 16.1. The topological polar surface area (TPSA) is 17.1 Å². The van der Waals surface area contributed by atoms with Gasteiger partial charge in [-0.15, -0.1) is 0 Å². The highest BCUT2D eigenvalue weighted by Gasteiger charge is 1.82. The third kappa shape index (κ3) is 7.15. The van der Waals surface area contributed by atoms with Crippen LogP contribution < -0.4 is 0 Å². The van der Waals surface area contributed by atoms with Gasteiger partial charge in [0.25, 0.3) is 0 Å². The first kappa shape index (κ1) is 9.15. The SMILES string of the molecule is C=C/C=C\CCCCC=O. The van der Waals surface area contributed by atoms with Crippen molar-refractivity contribution in [2.24, 2.45) is 0 Å². The highest BCUT2D eigenvalue weighted by molar-refractivity contribution is 5.48. The Morgan fingerprint density at radius 1 is 1.20 bits per heavy atom. The van der Waals surface area contributed by atoms with E-state index in [1.807, 2.05) is 6.08 Å². The molecule has 0 radical (unpaired) electrons. The van der Waals surface area contributed by atoms with E-state index in [0.717, 1.165) is 25.5 Å². The molecule has 0 fully saturated rings. The average Bonchev–Trinajstić information content (AvgIpc) is 1.97. The summed E-state index contributed by atoms with van der Waals surface area (Å²) in [5, 5.41) is 0. The van der Waals surface area contributed by atoms with Gasteiger partial charge in [0.05, 0.1) is 0 Å². The predicted molar refractivity (Wildman–Crippen MR) is 43.9 cm³/mol. The van der Waals surface area contributed by atoms with E-state index < -0.39 is 0 Å². The fraction of sp³-hybridized carbons (Fsp3) is 0.444. The van der Waals surface area contributed by atoms with Gasteiger partial charge in [-0.2, -0.15) is 0 Å². The molecule has 0 aliphatic heterocycles. The summed E-state index contributed by atoms with van der Waals surface area (Å²) in [7, 11) is 0. The molecular weight excluding hydrogens is 124 g/mol. The van der Waals surface area contributed by atoms with E-state index in [2.05, 4.69) is 12.7 Å². The lowest BCUT2D eigenvalue weighted by Gasteiger charge is -1.88. The quantitative estimate of drug-likeness (QED) is 0.313. The van der Waals surface area contributed by atoms with Crippen LogP contribution >= 0.6 is 0 Å². The summed E-state index contributed by atoms with van der Waals surface area (Å²) in [5.41, 5.74) is 0. The van der Waals surface area contributed by atoms with E-state index in [0.29, 0.717) is 6.42 Å². The normalized spacial score (nSPS) is 10.0. The second-order valence-corrected chi connectivity index (χ2v) is 2.11. The molecule has 0 amide bonds. The monoisotopic (exact) mass is 138 g/mol. The van der Waals surface area contributed by atoms with E-state index in [-0.39, 0.29) is 0 Å². The van der Waals surface area contributed by atoms with Crippen molar-refractivity contribution in [2.45, 2.75) is 25.7 Å². The van der Waals surface area contributed by atoms with Crippen molar-refractivity contribution >= 4 is 6.29 Å². The maximum Gasteiger partial charge on any atom is 0.119 e. The second-order valence-electron chi connectivity index (χ2n) is 2.11. The summed E-state index contributed by atoms with van der Waals surface area (Å²) < 4.78 is 0. The number of unbranched alkanes of at least 4 members (excludes halogenated alkanes) is 3. The first-order chi connectivity index (χ1) is 4.91. The van der Waals surface area contributed by atoms with Crippen LogP contribution in [0.5, 0.6) is 0 Å². The Bertz CT molecular complexity index is 114. The van der Waals surface area contributed by atoms with E-state index in [4.69, 9.17) is 0 Å². The van der Waals surface area contributed by atoms with Gasteiger partial charge in [-0.3, -0.25) is 0 Å². The van der Waals surface area contributed by atoms with Gasteiger partial charge in [-0.05, 0) is 19.3 Å². The molecule has 0 heterocycles. The molecule has 0 aliphatic rings. The lowest BCUT2D eigenvalue weighted by atomic mass is 10.2. The van der Waals surface area contributed by atoms with Gasteiger partial charge in [-0.25, -0.2) is 0 Å². The Kier molecular flexibility index (Phi) is 7.46. The first-order valence-corrected chi connectivity index (χ1v) is 3.63. The van der Waals surface area contributed by atoms with Crippen molar-refractivity contribution in [3.8, 4) is 0 Å². The number of hydrogen-bond donors (Lipinski definition) is 0. The molecule has 1 heteroatoms. The van der Waals surface area contributed by atoms with Crippen LogP contribution in [0.1, 0.15) is 25.7 Å². The van der Waals surface area contributed by atoms with Crippen LogP contribution in [0.2, 0.25) is 0 Å². The molecule has 0 aromatic heterocycles. The largest absolute Gasteiger partial charge is 0.303 e. The van der Waals surface area contributed by atoms with Gasteiger partial charge in [0, 0.05) is 6.42 Å². The molecule has 0 rings (SSSR count). The molecule has 0 saturated carbocycles. The molecule has 56 valence electrons. The Morgan fingerprint density at radius 2 is 1.90 bits per heavy atom. The minimum absolute atomic E-state index is 0.696. The lowest BCUT2D eigenvalue weighted by molar-refractivity contribution is -0.107. The van der Waals surface area contributed by atoms with Gasteiger partial charge < -0.3 is 4.79 Å². The molecular formula is C9H14O. The summed E-state index contributed by atoms with van der Waals surface area (Å²) in [5.74, 6) is 0. The Morgan fingerprint density at radius 3 is 2.50 bits per heavy atom. The van der Waals surface area contributed by atoms with Gasteiger partial charge in [0.1, 0.15) is 6.29 Å². The number of carbonyl (C=O) groups is 1. The molecule has 0 aromatic rings. The van der Waals surface area contributed by atoms with Crippen molar-refractivity contribution in [1.29, 1.82) is 0 Å². The van der Waals surface area contributed by atoms with Crippen molar-refractivity contribution in [3.05, 3.63) is 24.8 Å². The zero-order valence-electron chi connectivity index (χ0n) is 6.25. The molecule has 1 nitrogen and oxygen atoms in total. The highest BCUT2D eigenvalue weighted by Crippen LogP contribution is 1.98. The van der Waals surface area contributed by atoms with Crippen LogP contribution in [-0.4, -0.2) is 6.29 Å². The van der Waals surface area contributed by atoms with Gasteiger partial charge >= 0.3 is 0 Å². The molecule has 0 unspecified atom stereocenters. The van der Waals surface area contributed by atoms with Crippen molar-refractivity contribution < 1.29 is 4.79 Å². The third-order valence-electron chi connectivity index (χ3n) is 1.21. The number of aldehydes is 1. The molecule has 0 N–H and O–H groups in total. The maximum absolute atomic E-state index is 9.86. The predicted octanol–water partition coefficient (Wildman–Crippen LogP) is 2.49. The Labute approximate surface area is 62.4 Å². The van der Waals surface area contributed by atoms with Crippen LogP contribution in [0, 0.1) is 0 Å². The minimum Gasteiger partial charge on any atom is -0.303 e. The number of hydrogen-bond acceptors (Lipinski definition) is 1. The van der Waals surface area contributed by atoms with Gasteiger partial charge in [0.2, 0.25) is 0 Å². The van der Waals surface area contributed by atoms with Gasteiger partial charge in [0.15, 0.2) is 0 Å². The number of carbonyl (C=O) groups excluding carboxylic acids is 1. The first-order valence-electron chi connectivity index (χ1n) is 3.63. The van der Waals surface area contributed by atoms with Crippen LogP contribution in [-0.2, 0) is 4.79 Å². The molecule has 0 aliphatic carbocycles. The fourth-order valence-corrected chi connectivity index (χ4v) is 0.682. The van der Waals surface area contributed by atoms with E-state index in [1.54, 1.807) is 6.08 Å². The molecule has 0 aromatic carbocycles. The second kappa shape index (κ2) is 8.15. The van der Waals surface area contributed by atoms with Gasteiger partial charge in [-0.1, -0.05) is 24.8 Å². The zero-order valence-corrected chi connectivity index (χ0v) is 6.25. The summed E-state index contributed by atoms with van der Waals surface area (Å²) in [6.07, 6.45) is 10.6. The Balaban J connectivity index is 2.96. The van der Waals surface area contributed by atoms with E-state index >= 15 is 0 Å². The Hall–Kier alpha value is -0.850. The minimum atomic E-state index is 0.696. The number of allylic oxidation sites excluding steroid dienone is 3. The van der Waals surface area contributed by atoms with Crippen molar-refractivity contribution in [2.75, 3.05) is 0 Å². The fourth-order valence-electron chi connectivity index (χ4n) is 0.682. The van der Waals surface area contributed by atoms with Crippen LogP contribution in [0.15, 0.2) is 24.8 Å². The van der Waals surface area contributed by atoms with Crippen molar-refractivity contribution in [3.63, 3.8) is 0 Å². The standard InChI is InChI=1S/C9H14O/c1-2-3-4-5-6-7-8-9-10/h2-4,9H,1,5-8H2/b4-3-. The lowest BCUT2D eigenvalue weighted by Crippen LogP contribution is -1.75. The molecule has 10 heavy (non-hydrogen) atoms.